The van der Waals surface area contributed by atoms with Crippen LogP contribution in [0.3, 0.4) is 0 Å². The zero-order valence-corrected chi connectivity index (χ0v) is 17.1. The number of rotatable bonds is 8. The fraction of sp³-hybridized carbons (Fsp3) is 0.200. The van der Waals surface area contributed by atoms with Crippen molar-refractivity contribution in [3.63, 3.8) is 0 Å². The van der Waals surface area contributed by atoms with E-state index in [9.17, 15) is 9.59 Å². The first-order chi connectivity index (χ1) is 14.6. The number of methoxy groups -OCH3 is 1. The van der Waals surface area contributed by atoms with Crippen molar-refractivity contribution in [2.24, 2.45) is 0 Å². The summed E-state index contributed by atoms with van der Waals surface area (Å²) in [6.07, 6.45) is 0.0406. The minimum absolute atomic E-state index is 0.0406. The summed E-state index contributed by atoms with van der Waals surface area (Å²) in [5, 5.41) is 2.96. The Bertz CT molecular complexity index is 947. The molecule has 30 heavy (non-hydrogen) atoms. The third-order valence-electron chi connectivity index (χ3n) is 4.71. The van der Waals surface area contributed by atoms with Gasteiger partial charge in [-0.15, -0.1) is 0 Å². The lowest BCUT2D eigenvalue weighted by atomic mass is 9.99. The Morgan fingerprint density at radius 3 is 2.07 bits per heavy atom. The van der Waals surface area contributed by atoms with Gasteiger partial charge in [0.05, 0.1) is 19.6 Å². The molecule has 5 nitrogen and oxygen atoms in total. The first-order valence-electron chi connectivity index (χ1n) is 9.75. The van der Waals surface area contributed by atoms with Gasteiger partial charge >= 0.3 is 5.97 Å². The van der Waals surface area contributed by atoms with Gasteiger partial charge in [-0.2, -0.15) is 0 Å². The molecule has 3 rings (SSSR count). The second-order valence-electron chi connectivity index (χ2n) is 6.97. The highest BCUT2D eigenvalue weighted by molar-refractivity contribution is 5.82. The van der Waals surface area contributed by atoms with E-state index in [1.165, 1.54) is 0 Å². The average molecular weight is 403 g/mol. The van der Waals surface area contributed by atoms with Crippen molar-refractivity contribution in [1.82, 2.24) is 5.32 Å². The molecule has 3 aromatic rings. The van der Waals surface area contributed by atoms with Gasteiger partial charge in [0.2, 0.25) is 0 Å². The molecule has 154 valence electrons. The van der Waals surface area contributed by atoms with Gasteiger partial charge in [0.15, 0.2) is 6.61 Å². The van der Waals surface area contributed by atoms with Crippen LogP contribution in [-0.4, -0.2) is 25.6 Å². The largest absolute Gasteiger partial charge is 0.496 e. The van der Waals surface area contributed by atoms with E-state index in [1.54, 1.807) is 7.11 Å². The molecule has 0 atom stereocenters. The number of ether oxygens (including phenoxy) is 2. The lowest BCUT2D eigenvalue weighted by Crippen LogP contribution is -2.33. The summed E-state index contributed by atoms with van der Waals surface area (Å²) in [6.45, 7) is 1.60. The van der Waals surface area contributed by atoms with E-state index in [1.807, 2.05) is 85.8 Å². The van der Waals surface area contributed by atoms with E-state index >= 15 is 0 Å². The van der Waals surface area contributed by atoms with Crippen molar-refractivity contribution in [1.29, 1.82) is 0 Å². The smallest absolute Gasteiger partial charge is 0.310 e. The van der Waals surface area contributed by atoms with Gasteiger partial charge in [-0.25, -0.2) is 0 Å². The standard InChI is InChI=1S/C25H25NO4/c1-18-13-14-22(29-2)21(15-18)16-24(28)30-17-23(27)26-25(19-9-5-3-6-10-19)20-11-7-4-8-12-20/h3-15,25H,16-17H2,1-2H3,(H,26,27). The van der Waals surface area contributed by atoms with E-state index in [-0.39, 0.29) is 25.0 Å². The third kappa shape index (κ3) is 5.70. The Balaban J connectivity index is 1.62. The highest BCUT2D eigenvalue weighted by Crippen LogP contribution is 2.22. The predicted octanol–water partition coefficient (Wildman–Crippen LogP) is 4.00. The van der Waals surface area contributed by atoms with Crippen LogP contribution in [0.15, 0.2) is 78.9 Å². The lowest BCUT2D eigenvalue weighted by Gasteiger charge is -2.20. The van der Waals surface area contributed by atoms with Gasteiger partial charge < -0.3 is 14.8 Å². The predicted molar refractivity (Wildman–Crippen MR) is 115 cm³/mol. The first-order valence-corrected chi connectivity index (χ1v) is 9.75. The van der Waals surface area contributed by atoms with Crippen molar-refractivity contribution in [2.75, 3.05) is 13.7 Å². The molecule has 0 unspecified atom stereocenters. The van der Waals surface area contributed by atoms with Crippen LogP contribution in [0.1, 0.15) is 28.3 Å². The fourth-order valence-corrected chi connectivity index (χ4v) is 3.25. The molecule has 3 aromatic carbocycles. The van der Waals surface area contributed by atoms with E-state index in [4.69, 9.17) is 9.47 Å². The Hall–Kier alpha value is -3.60. The summed E-state index contributed by atoms with van der Waals surface area (Å²) < 4.78 is 10.5. The second kappa shape index (κ2) is 10.3. The molecule has 0 aliphatic heterocycles. The van der Waals surface area contributed by atoms with Crippen LogP contribution in [0.4, 0.5) is 0 Å². The molecule has 0 radical (unpaired) electrons. The van der Waals surface area contributed by atoms with Crippen LogP contribution >= 0.6 is 0 Å². The number of esters is 1. The molecule has 0 bridgehead atoms. The van der Waals surface area contributed by atoms with E-state index in [2.05, 4.69) is 5.32 Å². The van der Waals surface area contributed by atoms with Crippen LogP contribution < -0.4 is 10.1 Å². The zero-order chi connectivity index (χ0) is 21.3. The van der Waals surface area contributed by atoms with Crippen molar-refractivity contribution in [3.8, 4) is 5.75 Å². The molecular formula is C25H25NO4. The highest BCUT2D eigenvalue weighted by atomic mass is 16.5. The Labute approximate surface area is 176 Å². The van der Waals surface area contributed by atoms with Crippen LogP contribution in [-0.2, 0) is 20.7 Å². The Morgan fingerprint density at radius 1 is 0.900 bits per heavy atom. The number of amides is 1. The quantitative estimate of drug-likeness (QED) is 0.578. The maximum Gasteiger partial charge on any atom is 0.310 e. The Morgan fingerprint density at radius 2 is 1.50 bits per heavy atom. The maximum atomic E-state index is 12.5. The summed E-state index contributed by atoms with van der Waals surface area (Å²) in [7, 11) is 1.56. The van der Waals surface area contributed by atoms with Gasteiger partial charge in [0, 0.05) is 5.56 Å². The van der Waals surface area contributed by atoms with Gasteiger partial charge in [0.1, 0.15) is 5.75 Å². The van der Waals surface area contributed by atoms with Gasteiger partial charge in [-0.1, -0.05) is 78.4 Å². The molecule has 0 fully saturated rings. The SMILES string of the molecule is COc1ccc(C)cc1CC(=O)OCC(=O)NC(c1ccccc1)c1ccccc1. The van der Waals surface area contributed by atoms with Crippen LogP contribution in [0, 0.1) is 6.92 Å². The average Bonchev–Trinajstić information content (AvgIpc) is 2.77. The third-order valence-corrected chi connectivity index (χ3v) is 4.71. The van der Waals surface area contributed by atoms with Gasteiger partial charge in [0.25, 0.3) is 5.91 Å². The molecule has 0 aliphatic carbocycles. The van der Waals surface area contributed by atoms with Crippen molar-refractivity contribution in [2.45, 2.75) is 19.4 Å². The van der Waals surface area contributed by atoms with Crippen LogP contribution in [0.5, 0.6) is 5.75 Å². The number of carbonyl (C=O) groups is 2. The van der Waals surface area contributed by atoms with Crippen LogP contribution in [0.2, 0.25) is 0 Å². The number of hydrogen-bond acceptors (Lipinski definition) is 4. The second-order valence-corrected chi connectivity index (χ2v) is 6.97. The topological polar surface area (TPSA) is 64.6 Å². The maximum absolute atomic E-state index is 12.5. The number of aryl methyl sites for hydroxylation is 1. The summed E-state index contributed by atoms with van der Waals surface area (Å²) >= 11 is 0. The van der Waals surface area contributed by atoms with E-state index in [0.29, 0.717) is 5.75 Å². The number of benzene rings is 3. The van der Waals surface area contributed by atoms with E-state index < -0.39 is 5.97 Å². The highest BCUT2D eigenvalue weighted by Gasteiger charge is 2.18. The summed E-state index contributed by atoms with van der Waals surface area (Å²) in [4.78, 5) is 24.8. The van der Waals surface area contributed by atoms with Gasteiger partial charge in [-0.05, 0) is 24.1 Å². The number of hydrogen-bond donors (Lipinski definition) is 1. The first kappa shape index (κ1) is 21.1. The van der Waals surface area contributed by atoms with Crippen LogP contribution in [0.25, 0.3) is 0 Å². The fourth-order valence-electron chi connectivity index (χ4n) is 3.25. The molecule has 5 heteroatoms. The molecule has 0 aromatic heterocycles. The summed E-state index contributed by atoms with van der Waals surface area (Å²) in [5.74, 6) is -0.225. The molecule has 0 spiro atoms. The lowest BCUT2D eigenvalue weighted by molar-refractivity contribution is -0.148. The molecule has 0 aliphatic rings. The minimum Gasteiger partial charge on any atom is -0.496 e. The van der Waals surface area contributed by atoms with Crippen molar-refractivity contribution < 1.29 is 19.1 Å². The summed E-state index contributed by atoms with van der Waals surface area (Å²) in [6, 6.07) is 24.6. The van der Waals surface area contributed by atoms with Gasteiger partial charge in [-0.3, -0.25) is 9.59 Å². The summed E-state index contributed by atoms with van der Waals surface area (Å²) in [5.41, 5.74) is 3.65. The minimum atomic E-state index is -0.481. The molecule has 0 heterocycles. The monoisotopic (exact) mass is 403 g/mol. The number of carbonyl (C=O) groups excluding carboxylic acids is 2. The van der Waals surface area contributed by atoms with Crippen molar-refractivity contribution in [3.05, 3.63) is 101 Å². The van der Waals surface area contributed by atoms with Crippen molar-refractivity contribution >= 4 is 11.9 Å². The number of nitrogens with one attached hydrogen (secondary N) is 1. The molecule has 0 saturated carbocycles. The van der Waals surface area contributed by atoms with E-state index in [0.717, 1.165) is 22.3 Å². The normalized spacial score (nSPS) is 10.5. The molecule has 0 saturated heterocycles. The molecule has 1 amide bonds. The molecular weight excluding hydrogens is 378 g/mol. The molecule has 1 N–H and O–H groups in total. The zero-order valence-electron chi connectivity index (χ0n) is 17.1. The Kier molecular flexibility index (Phi) is 7.22.